The summed E-state index contributed by atoms with van der Waals surface area (Å²) in [5, 5.41) is 2.90. The molecule has 0 bridgehead atoms. The number of hydrogen-bond acceptors (Lipinski definition) is 3. The third kappa shape index (κ3) is 5.30. The van der Waals surface area contributed by atoms with E-state index in [0.717, 1.165) is 25.9 Å². The highest BCUT2D eigenvalue weighted by Gasteiger charge is 2.28. The lowest BCUT2D eigenvalue weighted by molar-refractivity contribution is -0.900. The molecular formula is C20H32N3O3S+. The van der Waals surface area contributed by atoms with E-state index in [1.807, 2.05) is 0 Å². The molecule has 0 aliphatic carbocycles. The third-order valence-electron chi connectivity index (χ3n) is 5.67. The number of quaternary nitrogens is 1. The first-order valence-corrected chi connectivity index (χ1v) is 11.5. The number of rotatable bonds is 5. The van der Waals surface area contributed by atoms with Gasteiger partial charge in [0.25, 0.3) is 5.91 Å². The lowest BCUT2D eigenvalue weighted by Gasteiger charge is -2.30. The fraction of sp³-hybridized carbons (Fsp3) is 0.650. The Bertz CT molecular complexity index is 748. The minimum atomic E-state index is -3.45. The number of hydrogen-bond donors (Lipinski definition) is 2. The van der Waals surface area contributed by atoms with Crippen LogP contribution in [0, 0.1) is 11.8 Å². The highest BCUT2D eigenvalue weighted by molar-refractivity contribution is 7.89. The first-order valence-electron chi connectivity index (χ1n) is 10.1. The predicted molar refractivity (Wildman–Crippen MR) is 106 cm³/mol. The van der Waals surface area contributed by atoms with Gasteiger partial charge in [-0.1, -0.05) is 13.8 Å². The summed E-state index contributed by atoms with van der Waals surface area (Å²) in [7, 11) is -3.45. The summed E-state index contributed by atoms with van der Waals surface area (Å²) >= 11 is 0. The average Bonchev–Trinajstić information content (AvgIpc) is 2.62. The second-order valence-corrected chi connectivity index (χ2v) is 10.2. The van der Waals surface area contributed by atoms with Gasteiger partial charge in [-0.25, -0.2) is 8.42 Å². The van der Waals surface area contributed by atoms with Crippen LogP contribution in [0.1, 0.15) is 39.5 Å². The van der Waals surface area contributed by atoms with Gasteiger partial charge < -0.3 is 10.2 Å². The molecule has 3 rings (SSSR count). The zero-order chi connectivity index (χ0) is 19.4. The van der Waals surface area contributed by atoms with Gasteiger partial charge in [0, 0.05) is 24.7 Å². The Labute approximate surface area is 163 Å². The van der Waals surface area contributed by atoms with E-state index < -0.39 is 10.0 Å². The summed E-state index contributed by atoms with van der Waals surface area (Å²) in [5.41, 5.74) is 0.649. The van der Waals surface area contributed by atoms with E-state index in [1.54, 1.807) is 28.6 Å². The lowest BCUT2D eigenvalue weighted by atomic mass is 10.0. The van der Waals surface area contributed by atoms with Crippen LogP contribution in [-0.2, 0) is 14.8 Å². The zero-order valence-electron chi connectivity index (χ0n) is 16.4. The van der Waals surface area contributed by atoms with Crippen LogP contribution >= 0.6 is 0 Å². The van der Waals surface area contributed by atoms with E-state index in [-0.39, 0.29) is 5.91 Å². The molecule has 1 amide bonds. The minimum absolute atomic E-state index is 0.0143. The van der Waals surface area contributed by atoms with Crippen LogP contribution in [0.15, 0.2) is 29.2 Å². The molecule has 2 N–H and O–H groups in total. The van der Waals surface area contributed by atoms with Gasteiger partial charge in [-0.05, 0) is 55.9 Å². The highest BCUT2D eigenvalue weighted by Crippen LogP contribution is 2.24. The molecular weight excluding hydrogens is 362 g/mol. The lowest BCUT2D eigenvalue weighted by Crippen LogP contribution is -3.14. The summed E-state index contributed by atoms with van der Waals surface area (Å²) in [6.07, 6.45) is 4.41. The molecule has 0 spiro atoms. The molecule has 1 unspecified atom stereocenters. The quantitative estimate of drug-likeness (QED) is 0.792. The summed E-state index contributed by atoms with van der Waals surface area (Å²) in [4.78, 5) is 13.9. The second kappa shape index (κ2) is 8.71. The van der Waals surface area contributed by atoms with Crippen molar-refractivity contribution in [2.45, 2.75) is 44.4 Å². The van der Waals surface area contributed by atoms with Crippen LogP contribution in [0.3, 0.4) is 0 Å². The molecule has 3 atom stereocenters. The first-order chi connectivity index (χ1) is 12.8. The van der Waals surface area contributed by atoms with E-state index in [4.69, 9.17) is 0 Å². The molecule has 1 aromatic rings. The van der Waals surface area contributed by atoms with Crippen LogP contribution in [0.2, 0.25) is 0 Å². The Hall–Kier alpha value is -1.44. The van der Waals surface area contributed by atoms with Crippen molar-refractivity contribution in [3.05, 3.63) is 24.3 Å². The number of sulfonamides is 1. The standard InChI is InChI=1S/C20H31N3O3S/c1-16-5-3-11-22(13-16)15-20(24)21-18-7-9-19(10-8-18)27(25,26)23-12-4-6-17(2)14-23/h7-10,16-17H,3-6,11-15H2,1-2H3,(H,21,24)/p+1/t16-,17+/m1/s1. The number of carbonyl (C=O) groups excluding carboxylic acids is 1. The van der Waals surface area contributed by atoms with Crippen LogP contribution in [0.25, 0.3) is 0 Å². The van der Waals surface area contributed by atoms with Crippen molar-refractivity contribution in [3.8, 4) is 0 Å². The summed E-state index contributed by atoms with van der Waals surface area (Å²) in [6, 6.07) is 6.57. The molecule has 0 aromatic heterocycles. The molecule has 1 aromatic carbocycles. The fourth-order valence-corrected chi connectivity index (χ4v) is 5.81. The fourth-order valence-electron chi connectivity index (χ4n) is 4.21. The van der Waals surface area contributed by atoms with Crippen molar-refractivity contribution in [2.24, 2.45) is 11.8 Å². The Balaban J connectivity index is 1.58. The van der Waals surface area contributed by atoms with E-state index in [0.29, 0.717) is 42.1 Å². The molecule has 7 heteroatoms. The summed E-state index contributed by atoms with van der Waals surface area (Å²) in [5.74, 6) is 1.05. The van der Waals surface area contributed by atoms with Gasteiger partial charge in [0.05, 0.1) is 18.0 Å². The summed E-state index contributed by atoms with van der Waals surface area (Å²) < 4.78 is 27.2. The van der Waals surface area contributed by atoms with Crippen molar-refractivity contribution >= 4 is 21.6 Å². The van der Waals surface area contributed by atoms with Gasteiger partial charge >= 0.3 is 0 Å². The van der Waals surface area contributed by atoms with Gasteiger partial charge in [0.15, 0.2) is 6.54 Å². The molecule has 6 nitrogen and oxygen atoms in total. The van der Waals surface area contributed by atoms with Crippen molar-refractivity contribution in [3.63, 3.8) is 0 Å². The Kier molecular flexibility index (Phi) is 6.55. The van der Waals surface area contributed by atoms with Crippen LogP contribution < -0.4 is 10.2 Å². The molecule has 27 heavy (non-hydrogen) atoms. The van der Waals surface area contributed by atoms with E-state index in [2.05, 4.69) is 19.2 Å². The minimum Gasteiger partial charge on any atom is -0.327 e. The number of benzene rings is 1. The SMILES string of the molecule is C[C@@H]1CCC[NH+](CC(=O)Nc2ccc(S(=O)(=O)N3CCC[C@H](C)C3)cc2)C1. The number of nitrogens with one attached hydrogen (secondary N) is 2. The average molecular weight is 395 g/mol. The maximum Gasteiger partial charge on any atom is 0.279 e. The van der Waals surface area contributed by atoms with Crippen LogP contribution in [0.4, 0.5) is 5.69 Å². The normalized spacial score (nSPS) is 27.3. The van der Waals surface area contributed by atoms with E-state index >= 15 is 0 Å². The molecule has 2 heterocycles. The van der Waals surface area contributed by atoms with Crippen molar-refractivity contribution in [2.75, 3.05) is 38.0 Å². The molecule has 0 saturated carbocycles. The van der Waals surface area contributed by atoms with Crippen molar-refractivity contribution in [1.82, 2.24) is 4.31 Å². The van der Waals surface area contributed by atoms with Crippen LogP contribution in [0.5, 0.6) is 0 Å². The number of anilines is 1. The molecule has 2 aliphatic heterocycles. The van der Waals surface area contributed by atoms with E-state index in [1.165, 1.54) is 17.7 Å². The molecule has 2 fully saturated rings. The topological polar surface area (TPSA) is 70.9 Å². The Morgan fingerprint density at radius 3 is 2.52 bits per heavy atom. The van der Waals surface area contributed by atoms with Crippen molar-refractivity contribution < 1.29 is 18.1 Å². The number of amides is 1. The molecule has 2 saturated heterocycles. The maximum atomic E-state index is 12.8. The smallest absolute Gasteiger partial charge is 0.279 e. The zero-order valence-corrected chi connectivity index (χ0v) is 17.2. The van der Waals surface area contributed by atoms with Gasteiger partial charge in [-0.15, -0.1) is 0 Å². The largest absolute Gasteiger partial charge is 0.327 e. The number of likely N-dealkylation sites (tertiary alicyclic amines) is 1. The Morgan fingerprint density at radius 2 is 1.85 bits per heavy atom. The van der Waals surface area contributed by atoms with Gasteiger partial charge in [-0.3, -0.25) is 4.79 Å². The highest BCUT2D eigenvalue weighted by atomic mass is 32.2. The predicted octanol–water partition coefficient (Wildman–Crippen LogP) is 1.36. The maximum absolute atomic E-state index is 12.8. The Morgan fingerprint density at radius 1 is 1.15 bits per heavy atom. The molecule has 150 valence electrons. The number of carbonyl (C=O) groups is 1. The summed E-state index contributed by atoms with van der Waals surface area (Å²) in [6.45, 7) is 8.04. The number of piperidine rings is 2. The van der Waals surface area contributed by atoms with Crippen LogP contribution in [-0.4, -0.2) is 51.4 Å². The third-order valence-corrected chi connectivity index (χ3v) is 7.55. The van der Waals surface area contributed by atoms with Gasteiger partial charge in [0.2, 0.25) is 10.0 Å². The van der Waals surface area contributed by atoms with Gasteiger partial charge in [0.1, 0.15) is 0 Å². The second-order valence-electron chi connectivity index (χ2n) is 8.31. The monoisotopic (exact) mass is 394 g/mol. The molecule has 0 radical (unpaired) electrons. The van der Waals surface area contributed by atoms with Gasteiger partial charge in [-0.2, -0.15) is 4.31 Å². The van der Waals surface area contributed by atoms with Crippen molar-refractivity contribution in [1.29, 1.82) is 0 Å². The molecule has 2 aliphatic rings. The first kappa shape index (κ1) is 20.3. The van der Waals surface area contributed by atoms with E-state index in [9.17, 15) is 13.2 Å². The number of nitrogens with zero attached hydrogens (tertiary/aromatic N) is 1.